The van der Waals surface area contributed by atoms with Gasteiger partial charge in [-0.05, 0) is 39.3 Å². The smallest absolute Gasteiger partial charge is 0.223 e. The van der Waals surface area contributed by atoms with Crippen molar-refractivity contribution < 1.29 is 4.74 Å². The maximum atomic E-state index is 6.03. The van der Waals surface area contributed by atoms with Crippen LogP contribution in [0.25, 0.3) is 0 Å². The fraction of sp³-hybridized carbons (Fsp3) is 0.375. The van der Waals surface area contributed by atoms with Gasteiger partial charge in [0.15, 0.2) is 0 Å². The van der Waals surface area contributed by atoms with Crippen LogP contribution in [-0.2, 0) is 6.54 Å². The van der Waals surface area contributed by atoms with Crippen molar-refractivity contribution in [2.75, 3.05) is 11.1 Å². The Morgan fingerprint density at radius 3 is 2.59 bits per heavy atom. The molecule has 0 atom stereocenters. The van der Waals surface area contributed by atoms with E-state index in [0.29, 0.717) is 17.5 Å². The molecule has 118 valence electrons. The third-order valence-corrected chi connectivity index (χ3v) is 3.00. The third kappa shape index (κ3) is 4.77. The monoisotopic (exact) mass is 320 g/mol. The van der Waals surface area contributed by atoms with Gasteiger partial charge in [0.25, 0.3) is 0 Å². The van der Waals surface area contributed by atoms with Crippen LogP contribution in [-0.4, -0.2) is 15.6 Å². The Kier molecular flexibility index (Phi) is 4.76. The standard InChI is InChI=1S/C16H21ClN4O/c1-10-5-6-11(12(7-10)22-16(2,3)4)9-19-14-8-13(17)20-15(18)21-14/h5-8H,9H2,1-4H3,(H3,18,19,20,21). The van der Waals surface area contributed by atoms with E-state index >= 15 is 0 Å². The van der Waals surface area contributed by atoms with Gasteiger partial charge < -0.3 is 15.8 Å². The van der Waals surface area contributed by atoms with E-state index in [-0.39, 0.29) is 11.5 Å². The molecule has 0 saturated carbocycles. The molecule has 1 heterocycles. The molecule has 0 amide bonds. The summed E-state index contributed by atoms with van der Waals surface area (Å²) in [5.41, 5.74) is 7.52. The van der Waals surface area contributed by atoms with E-state index in [9.17, 15) is 0 Å². The van der Waals surface area contributed by atoms with Gasteiger partial charge >= 0.3 is 0 Å². The van der Waals surface area contributed by atoms with Crippen LogP contribution in [0.4, 0.5) is 11.8 Å². The summed E-state index contributed by atoms with van der Waals surface area (Å²) in [7, 11) is 0. The molecule has 0 saturated heterocycles. The van der Waals surface area contributed by atoms with Gasteiger partial charge in [-0.15, -0.1) is 0 Å². The first-order valence-corrected chi connectivity index (χ1v) is 7.43. The van der Waals surface area contributed by atoms with Gasteiger partial charge in [0.05, 0.1) is 0 Å². The van der Waals surface area contributed by atoms with Crippen molar-refractivity contribution in [3.63, 3.8) is 0 Å². The Balaban J connectivity index is 2.18. The minimum Gasteiger partial charge on any atom is -0.488 e. The summed E-state index contributed by atoms with van der Waals surface area (Å²) in [6.07, 6.45) is 0. The lowest BCUT2D eigenvalue weighted by Gasteiger charge is -2.24. The van der Waals surface area contributed by atoms with Gasteiger partial charge in [0.2, 0.25) is 5.95 Å². The van der Waals surface area contributed by atoms with Gasteiger partial charge in [-0.1, -0.05) is 23.7 Å². The SMILES string of the molecule is Cc1ccc(CNc2cc(Cl)nc(N)n2)c(OC(C)(C)C)c1. The molecule has 0 bridgehead atoms. The number of hydrogen-bond donors (Lipinski definition) is 2. The Labute approximate surface area is 135 Å². The van der Waals surface area contributed by atoms with Gasteiger partial charge in [0, 0.05) is 18.2 Å². The summed E-state index contributed by atoms with van der Waals surface area (Å²) in [4.78, 5) is 7.94. The fourth-order valence-corrected chi connectivity index (χ4v) is 2.13. The van der Waals surface area contributed by atoms with Crippen molar-refractivity contribution in [3.05, 3.63) is 40.5 Å². The molecule has 0 spiro atoms. The van der Waals surface area contributed by atoms with E-state index in [1.807, 2.05) is 45.9 Å². The van der Waals surface area contributed by atoms with Crippen LogP contribution >= 0.6 is 11.6 Å². The van der Waals surface area contributed by atoms with Gasteiger partial charge in [-0.25, -0.2) is 4.98 Å². The number of nitrogens with two attached hydrogens (primary N) is 1. The first kappa shape index (κ1) is 16.4. The number of nitrogen functional groups attached to an aromatic ring is 1. The van der Waals surface area contributed by atoms with Crippen molar-refractivity contribution in [2.45, 2.75) is 39.8 Å². The second-order valence-corrected chi connectivity index (χ2v) is 6.50. The number of nitrogens with zero attached hydrogens (tertiary/aromatic N) is 2. The van der Waals surface area contributed by atoms with Crippen LogP contribution < -0.4 is 15.8 Å². The maximum absolute atomic E-state index is 6.03. The van der Waals surface area contributed by atoms with E-state index in [4.69, 9.17) is 22.1 Å². The van der Waals surface area contributed by atoms with Crippen molar-refractivity contribution >= 4 is 23.4 Å². The number of halogens is 1. The number of anilines is 2. The van der Waals surface area contributed by atoms with Gasteiger partial charge in [-0.3, -0.25) is 0 Å². The molecule has 1 aromatic heterocycles. The van der Waals surface area contributed by atoms with Crippen molar-refractivity contribution in [1.82, 2.24) is 9.97 Å². The zero-order chi connectivity index (χ0) is 16.3. The molecular weight excluding hydrogens is 300 g/mol. The normalized spacial score (nSPS) is 11.3. The van der Waals surface area contributed by atoms with E-state index in [0.717, 1.165) is 16.9 Å². The first-order chi connectivity index (χ1) is 10.2. The average molecular weight is 321 g/mol. The number of benzene rings is 1. The van der Waals surface area contributed by atoms with Crippen LogP contribution in [0.15, 0.2) is 24.3 Å². The highest BCUT2D eigenvalue weighted by Crippen LogP contribution is 2.25. The summed E-state index contributed by atoms with van der Waals surface area (Å²) in [5.74, 6) is 1.58. The van der Waals surface area contributed by atoms with Crippen molar-refractivity contribution in [3.8, 4) is 5.75 Å². The van der Waals surface area contributed by atoms with Crippen LogP contribution in [0.2, 0.25) is 5.15 Å². The minimum absolute atomic E-state index is 0.144. The number of rotatable bonds is 4. The topological polar surface area (TPSA) is 73.1 Å². The molecule has 2 aromatic rings. The largest absolute Gasteiger partial charge is 0.488 e. The Morgan fingerprint density at radius 2 is 1.95 bits per heavy atom. The summed E-state index contributed by atoms with van der Waals surface area (Å²) < 4.78 is 6.03. The average Bonchev–Trinajstić information content (AvgIpc) is 2.34. The maximum Gasteiger partial charge on any atom is 0.223 e. The van der Waals surface area contributed by atoms with Crippen LogP contribution in [0, 0.1) is 6.92 Å². The van der Waals surface area contributed by atoms with E-state index in [1.54, 1.807) is 6.07 Å². The predicted molar refractivity (Wildman–Crippen MR) is 90.3 cm³/mol. The first-order valence-electron chi connectivity index (χ1n) is 7.05. The summed E-state index contributed by atoms with van der Waals surface area (Å²) in [6.45, 7) is 8.67. The number of ether oxygens (including phenoxy) is 1. The summed E-state index contributed by atoms with van der Waals surface area (Å²) >= 11 is 5.88. The zero-order valence-corrected chi connectivity index (χ0v) is 14.0. The highest BCUT2D eigenvalue weighted by molar-refractivity contribution is 6.29. The number of nitrogens with one attached hydrogen (secondary N) is 1. The molecule has 2 rings (SSSR count). The number of aromatic nitrogens is 2. The molecule has 0 aliphatic heterocycles. The van der Waals surface area contributed by atoms with E-state index in [2.05, 4.69) is 15.3 Å². The number of hydrogen-bond acceptors (Lipinski definition) is 5. The molecule has 3 N–H and O–H groups in total. The van der Waals surface area contributed by atoms with Crippen LogP contribution in [0.5, 0.6) is 5.75 Å². The second-order valence-electron chi connectivity index (χ2n) is 6.11. The Bertz CT molecular complexity index is 647. The molecule has 0 aliphatic carbocycles. The fourth-order valence-electron chi connectivity index (χ4n) is 1.94. The molecule has 22 heavy (non-hydrogen) atoms. The zero-order valence-electron chi connectivity index (χ0n) is 13.3. The quantitative estimate of drug-likeness (QED) is 0.838. The lowest BCUT2D eigenvalue weighted by molar-refractivity contribution is 0.129. The molecule has 0 unspecified atom stereocenters. The molecule has 6 heteroatoms. The summed E-state index contributed by atoms with van der Waals surface area (Å²) in [5, 5.41) is 3.50. The minimum atomic E-state index is -0.259. The predicted octanol–water partition coefficient (Wildman–Crippen LogP) is 3.81. The van der Waals surface area contributed by atoms with Gasteiger partial charge in [-0.2, -0.15) is 4.98 Å². The molecule has 0 fully saturated rings. The van der Waals surface area contributed by atoms with E-state index in [1.165, 1.54) is 0 Å². The Morgan fingerprint density at radius 1 is 1.23 bits per heavy atom. The van der Waals surface area contributed by atoms with Crippen LogP contribution in [0.1, 0.15) is 31.9 Å². The van der Waals surface area contributed by atoms with Crippen LogP contribution in [0.3, 0.4) is 0 Å². The molecule has 0 radical (unpaired) electrons. The van der Waals surface area contributed by atoms with Crippen molar-refractivity contribution in [1.29, 1.82) is 0 Å². The molecular formula is C16H21ClN4O. The van der Waals surface area contributed by atoms with E-state index < -0.39 is 0 Å². The highest BCUT2D eigenvalue weighted by atomic mass is 35.5. The third-order valence-electron chi connectivity index (χ3n) is 2.81. The molecule has 5 nitrogen and oxygen atoms in total. The van der Waals surface area contributed by atoms with Crippen molar-refractivity contribution in [2.24, 2.45) is 0 Å². The molecule has 1 aromatic carbocycles. The van der Waals surface area contributed by atoms with Gasteiger partial charge in [0.1, 0.15) is 22.3 Å². The summed E-state index contributed by atoms with van der Waals surface area (Å²) in [6, 6.07) is 7.75. The highest BCUT2D eigenvalue weighted by Gasteiger charge is 2.15. The second kappa shape index (κ2) is 6.40. The lowest BCUT2D eigenvalue weighted by atomic mass is 10.1. The number of aryl methyl sites for hydroxylation is 1. The Hall–Kier alpha value is -2.01. The lowest BCUT2D eigenvalue weighted by Crippen LogP contribution is -2.24. The molecule has 0 aliphatic rings.